The number of aliphatic hydroxyl groups excluding tert-OH is 1. The highest BCUT2D eigenvalue weighted by Gasteiger charge is 2.21. The maximum Gasteiger partial charge on any atom is 0.146 e. The summed E-state index contributed by atoms with van der Waals surface area (Å²) >= 11 is 0. The van der Waals surface area contributed by atoms with Crippen LogP contribution in [0.25, 0.3) is 0 Å². The molecule has 0 aliphatic carbocycles. The Morgan fingerprint density at radius 2 is 1.55 bits per heavy atom. The van der Waals surface area contributed by atoms with Crippen LogP contribution in [0.1, 0.15) is 11.7 Å². The molecule has 22 heavy (non-hydrogen) atoms. The Balaban J connectivity index is 1.55. The van der Waals surface area contributed by atoms with Crippen LogP contribution in [0.4, 0.5) is 10.1 Å². The van der Waals surface area contributed by atoms with E-state index >= 15 is 0 Å². The zero-order valence-corrected chi connectivity index (χ0v) is 12.5. The normalized spacial score (nSPS) is 17.5. The average molecular weight is 300 g/mol. The Bertz CT molecular complexity index is 597. The van der Waals surface area contributed by atoms with Gasteiger partial charge in [0.1, 0.15) is 5.82 Å². The van der Waals surface area contributed by atoms with Crippen molar-refractivity contribution in [2.75, 3.05) is 37.6 Å². The van der Waals surface area contributed by atoms with Gasteiger partial charge in [-0.05, 0) is 17.7 Å². The van der Waals surface area contributed by atoms with E-state index in [2.05, 4.69) is 9.80 Å². The van der Waals surface area contributed by atoms with E-state index in [1.54, 1.807) is 6.07 Å². The second-order valence-corrected chi connectivity index (χ2v) is 5.67. The largest absolute Gasteiger partial charge is 0.387 e. The number of para-hydroxylation sites is 1. The highest BCUT2D eigenvalue weighted by atomic mass is 19.1. The van der Waals surface area contributed by atoms with Gasteiger partial charge in [-0.15, -0.1) is 0 Å². The highest BCUT2D eigenvalue weighted by molar-refractivity contribution is 5.48. The molecule has 0 bridgehead atoms. The van der Waals surface area contributed by atoms with Crippen molar-refractivity contribution in [3.63, 3.8) is 0 Å². The van der Waals surface area contributed by atoms with Crippen LogP contribution in [-0.2, 0) is 0 Å². The van der Waals surface area contributed by atoms with E-state index in [9.17, 15) is 9.50 Å². The summed E-state index contributed by atoms with van der Waals surface area (Å²) in [7, 11) is 0. The first-order valence-corrected chi connectivity index (χ1v) is 7.69. The maximum atomic E-state index is 13.8. The third kappa shape index (κ3) is 3.46. The van der Waals surface area contributed by atoms with E-state index in [0.717, 1.165) is 31.7 Å². The fraction of sp³-hybridized carbons (Fsp3) is 0.333. The van der Waals surface area contributed by atoms with E-state index < -0.39 is 6.10 Å². The zero-order chi connectivity index (χ0) is 15.4. The summed E-state index contributed by atoms with van der Waals surface area (Å²) < 4.78 is 13.8. The minimum absolute atomic E-state index is 0.166. The van der Waals surface area contributed by atoms with E-state index in [4.69, 9.17) is 0 Å². The van der Waals surface area contributed by atoms with Crippen molar-refractivity contribution < 1.29 is 9.50 Å². The molecule has 3 nitrogen and oxygen atoms in total. The lowest BCUT2D eigenvalue weighted by molar-refractivity contribution is 0.109. The lowest BCUT2D eigenvalue weighted by Crippen LogP contribution is -2.47. The predicted molar refractivity (Wildman–Crippen MR) is 86.5 cm³/mol. The molecule has 0 radical (unpaired) electrons. The van der Waals surface area contributed by atoms with Gasteiger partial charge in [0.05, 0.1) is 11.8 Å². The first-order chi connectivity index (χ1) is 10.7. The van der Waals surface area contributed by atoms with Crippen LogP contribution in [0.5, 0.6) is 0 Å². The number of rotatable bonds is 4. The van der Waals surface area contributed by atoms with E-state index in [1.165, 1.54) is 6.07 Å². The summed E-state index contributed by atoms with van der Waals surface area (Å²) in [5.74, 6) is -0.166. The van der Waals surface area contributed by atoms with Gasteiger partial charge in [0.15, 0.2) is 0 Å². The van der Waals surface area contributed by atoms with Crippen LogP contribution in [-0.4, -0.2) is 42.7 Å². The summed E-state index contributed by atoms with van der Waals surface area (Å²) in [5.41, 5.74) is 1.62. The Morgan fingerprint density at radius 1 is 0.909 bits per heavy atom. The summed E-state index contributed by atoms with van der Waals surface area (Å²) in [5, 5.41) is 10.3. The van der Waals surface area contributed by atoms with Crippen molar-refractivity contribution in [2.24, 2.45) is 0 Å². The van der Waals surface area contributed by atoms with Gasteiger partial charge in [-0.2, -0.15) is 0 Å². The fourth-order valence-electron chi connectivity index (χ4n) is 2.90. The van der Waals surface area contributed by atoms with Crippen LogP contribution in [0.15, 0.2) is 54.6 Å². The van der Waals surface area contributed by atoms with Crippen LogP contribution < -0.4 is 4.90 Å². The molecule has 2 aromatic rings. The molecule has 0 unspecified atom stereocenters. The average Bonchev–Trinajstić information content (AvgIpc) is 2.57. The standard InChI is InChI=1S/C18H21FN2O/c19-16-8-4-5-9-17(16)21-12-10-20(11-13-21)14-18(22)15-6-2-1-3-7-15/h1-9,18,22H,10-14H2/t18-/m0/s1. The molecule has 0 aromatic heterocycles. The summed E-state index contributed by atoms with van der Waals surface area (Å²) in [6.07, 6.45) is -0.471. The van der Waals surface area contributed by atoms with Crippen LogP contribution in [0, 0.1) is 5.82 Å². The Hall–Kier alpha value is -1.91. The van der Waals surface area contributed by atoms with Crippen molar-refractivity contribution in [3.8, 4) is 0 Å². The third-order valence-corrected chi connectivity index (χ3v) is 4.18. The molecule has 1 heterocycles. The zero-order valence-electron chi connectivity index (χ0n) is 12.5. The molecule has 0 amide bonds. The van der Waals surface area contributed by atoms with Crippen molar-refractivity contribution in [1.29, 1.82) is 0 Å². The van der Waals surface area contributed by atoms with E-state index in [1.807, 2.05) is 42.5 Å². The number of β-amino-alcohol motifs (C(OH)–C–C–N with tert-alkyl or cyclic N) is 1. The van der Waals surface area contributed by atoms with Crippen molar-refractivity contribution >= 4 is 5.69 Å². The minimum atomic E-state index is -0.471. The Kier molecular flexibility index (Phi) is 4.71. The summed E-state index contributed by atoms with van der Waals surface area (Å²) in [4.78, 5) is 4.30. The molecule has 2 aromatic carbocycles. The van der Waals surface area contributed by atoms with Crippen molar-refractivity contribution in [1.82, 2.24) is 4.90 Å². The quantitative estimate of drug-likeness (QED) is 0.940. The number of benzene rings is 2. The molecule has 116 valence electrons. The smallest absolute Gasteiger partial charge is 0.146 e. The van der Waals surface area contributed by atoms with Gasteiger partial charge in [0.25, 0.3) is 0 Å². The SMILES string of the molecule is O[C@@H](CN1CCN(c2ccccc2F)CC1)c1ccccc1. The van der Waals surface area contributed by atoms with Gasteiger partial charge in [0.2, 0.25) is 0 Å². The van der Waals surface area contributed by atoms with Crippen LogP contribution in [0.3, 0.4) is 0 Å². The fourth-order valence-corrected chi connectivity index (χ4v) is 2.90. The van der Waals surface area contributed by atoms with Gasteiger partial charge in [0, 0.05) is 32.7 Å². The first-order valence-electron chi connectivity index (χ1n) is 7.69. The molecule has 4 heteroatoms. The number of anilines is 1. The monoisotopic (exact) mass is 300 g/mol. The lowest BCUT2D eigenvalue weighted by atomic mass is 10.1. The highest BCUT2D eigenvalue weighted by Crippen LogP contribution is 2.21. The predicted octanol–water partition coefficient (Wildman–Crippen LogP) is 2.68. The van der Waals surface area contributed by atoms with E-state index in [0.29, 0.717) is 12.2 Å². The molecule has 1 N–H and O–H groups in total. The van der Waals surface area contributed by atoms with Crippen LogP contribution in [0.2, 0.25) is 0 Å². The number of hydrogen-bond donors (Lipinski definition) is 1. The molecule has 1 atom stereocenters. The molecular formula is C18H21FN2O. The number of nitrogens with zero attached hydrogens (tertiary/aromatic N) is 2. The summed E-state index contributed by atoms with van der Waals surface area (Å²) in [6, 6.07) is 16.6. The molecule has 1 aliphatic heterocycles. The second-order valence-electron chi connectivity index (χ2n) is 5.67. The minimum Gasteiger partial charge on any atom is -0.387 e. The van der Waals surface area contributed by atoms with Gasteiger partial charge < -0.3 is 10.0 Å². The maximum absolute atomic E-state index is 13.8. The summed E-state index contributed by atoms with van der Waals surface area (Å²) in [6.45, 7) is 3.84. The molecular weight excluding hydrogens is 279 g/mol. The lowest BCUT2D eigenvalue weighted by Gasteiger charge is -2.37. The van der Waals surface area contributed by atoms with Gasteiger partial charge >= 0.3 is 0 Å². The van der Waals surface area contributed by atoms with Gasteiger partial charge in [-0.25, -0.2) is 4.39 Å². The van der Waals surface area contributed by atoms with Crippen molar-refractivity contribution in [3.05, 3.63) is 66.0 Å². The first kappa shape index (κ1) is 15.0. The Morgan fingerprint density at radius 3 is 2.23 bits per heavy atom. The molecule has 1 saturated heterocycles. The Labute approximate surface area is 130 Å². The van der Waals surface area contributed by atoms with E-state index in [-0.39, 0.29) is 5.82 Å². The molecule has 0 spiro atoms. The third-order valence-electron chi connectivity index (χ3n) is 4.18. The number of piperazine rings is 1. The number of hydrogen-bond acceptors (Lipinski definition) is 3. The number of halogens is 1. The van der Waals surface area contributed by atoms with Gasteiger partial charge in [-0.3, -0.25) is 4.90 Å². The van der Waals surface area contributed by atoms with Crippen molar-refractivity contribution in [2.45, 2.75) is 6.10 Å². The van der Waals surface area contributed by atoms with Gasteiger partial charge in [-0.1, -0.05) is 42.5 Å². The number of aliphatic hydroxyl groups is 1. The molecule has 1 fully saturated rings. The topological polar surface area (TPSA) is 26.7 Å². The second kappa shape index (κ2) is 6.90. The molecule has 3 rings (SSSR count). The molecule has 0 saturated carbocycles. The molecule has 1 aliphatic rings. The van der Waals surface area contributed by atoms with Crippen LogP contribution >= 0.6 is 0 Å².